The molecule has 1 aliphatic carbocycles. The third-order valence-corrected chi connectivity index (χ3v) is 7.28. The van der Waals surface area contributed by atoms with Crippen molar-refractivity contribution >= 4 is 27.2 Å². The number of carbonyl (C=O) groups is 1. The van der Waals surface area contributed by atoms with Crippen molar-refractivity contribution in [2.75, 3.05) is 6.54 Å². The van der Waals surface area contributed by atoms with Gasteiger partial charge in [-0.05, 0) is 42.0 Å². The first kappa shape index (κ1) is 16.9. The van der Waals surface area contributed by atoms with Gasteiger partial charge in [-0.1, -0.05) is 18.2 Å². The van der Waals surface area contributed by atoms with Gasteiger partial charge in [0.05, 0.1) is 0 Å². The number of rotatable bonds is 6. The summed E-state index contributed by atoms with van der Waals surface area (Å²) in [7, 11) is -3.68. The van der Waals surface area contributed by atoms with Gasteiger partial charge in [-0.3, -0.25) is 0 Å². The molecule has 0 spiro atoms. The SMILES string of the molecule is O=C(NCC(c1ccc(F)cc1)S(=O)(=O)c1cccs1)NC1CC1. The van der Waals surface area contributed by atoms with Gasteiger partial charge in [0.1, 0.15) is 15.3 Å². The lowest BCUT2D eigenvalue weighted by molar-refractivity contribution is 0.240. The van der Waals surface area contributed by atoms with Crippen molar-refractivity contribution in [1.29, 1.82) is 0 Å². The van der Waals surface area contributed by atoms with E-state index in [1.807, 2.05) is 0 Å². The van der Waals surface area contributed by atoms with E-state index in [-0.39, 0.29) is 22.8 Å². The van der Waals surface area contributed by atoms with E-state index < -0.39 is 20.9 Å². The Kier molecular flexibility index (Phi) is 4.86. The van der Waals surface area contributed by atoms with E-state index in [1.54, 1.807) is 11.4 Å². The fraction of sp³-hybridized carbons (Fsp3) is 0.312. The van der Waals surface area contributed by atoms with E-state index in [9.17, 15) is 17.6 Å². The Morgan fingerprint density at radius 2 is 1.96 bits per heavy atom. The first-order valence-corrected chi connectivity index (χ1v) is 9.96. The Morgan fingerprint density at radius 3 is 2.54 bits per heavy atom. The molecular weight excluding hydrogens is 351 g/mol. The standard InChI is InChI=1S/C16H17FN2O3S2/c17-12-5-3-11(4-6-12)14(10-18-16(20)19-13-7-8-13)24(21,22)15-2-1-9-23-15/h1-6,9,13-14H,7-8,10H2,(H2,18,19,20). The largest absolute Gasteiger partial charge is 0.336 e. The molecule has 1 aromatic heterocycles. The molecular formula is C16H17FN2O3S2. The fourth-order valence-electron chi connectivity index (χ4n) is 2.30. The van der Waals surface area contributed by atoms with Crippen LogP contribution in [-0.2, 0) is 9.84 Å². The molecule has 24 heavy (non-hydrogen) atoms. The zero-order valence-corrected chi connectivity index (χ0v) is 14.4. The van der Waals surface area contributed by atoms with Gasteiger partial charge >= 0.3 is 6.03 Å². The summed E-state index contributed by atoms with van der Waals surface area (Å²) >= 11 is 1.12. The molecule has 1 saturated carbocycles. The molecule has 128 valence electrons. The molecule has 0 aliphatic heterocycles. The summed E-state index contributed by atoms with van der Waals surface area (Å²) in [5.41, 5.74) is 0.441. The highest BCUT2D eigenvalue weighted by Crippen LogP contribution is 2.31. The Morgan fingerprint density at radius 1 is 1.25 bits per heavy atom. The maximum atomic E-state index is 13.2. The van der Waals surface area contributed by atoms with Gasteiger partial charge in [0.25, 0.3) is 0 Å². The van der Waals surface area contributed by atoms with Crippen molar-refractivity contribution in [2.24, 2.45) is 0 Å². The number of carbonyl (C=O) groups excluding carboxylic acids is 1. The maximum absolute atomic E-state index is 13.2. The average Bonchev–Trinajstić information content (AvgIpc) is 3.16. The highest BCUT2D eigenvalue weighted by molar-refractivity contribution is 7.93. The summed E-state index contributed by atoms with van der Waals surface area (Å²) in [6, 6.07) is 8.30. The van der Waals surface area contributed by atoms with Crippen LogP contribution in [0.1, 0.15) is 23.7 Å². The summed E-state index contributed by atoms with van der Waals surface area (Å²) in [5.74, 6) is -0.439. The van der Waals surface area contributed by atoms with Crippen LogP contribution in [0, 0.1) is 5.82 Å². The molecule has 2 amide bonds. The monoisotopic (exact) mass is 368 g/mol. The van der Waals surface area contributed by atoms with Crippen LogP contribution >= 0.6 is 11.3 Å². The fourth-order valence-corrected chi connectivity index (χ4v) is 5.17. The first-order chi connectivity index (χ1) is 11.5. The van der Waals surface area contributed by atoms with Crippen molar-refractivity contribution in [3.05, 3.63) is 53.2 Å². The molecule has 5 nitrogen and oxygen atoms in total. The number of sulfone groups is 1. The number of benzene rings is 1. The van der Waals surface area contributed by atoms with Gasteiger partial charge in [0.2, 0.25) is 0 Å². The molecule has 1 heterocycles. The Bertz CT molecular complexity index is 800. The lowest BCUT2D eigenvalue weighted by atomic mass is 10.1. The number of urea groups is 1. The van der Waals surface area contributed by atoms with Gasteiger partial charge in [0, 0.05) is 12.6 Å². The number of halogens is 1. The average molecular weight is 368 g/mol. The Balaban J connectivity index is 1.82. The number of hydrogen-bond donors (Lipinski definition) is 2. The normalized spacial score (nSPS) is 15.7. The minimum absolute atomic E-state index is 0.0789. The second kappa shape index (κ2) is 6.90. The first-order valence-electron chi connectivity index (χ1n) is 7.54. The zero-order chi connectivity index (χ0) is 17.2. The molecule has 1 aromatic carbocycles. The van der Waals surface area contributed by atoms with Crippen LogP contribution < -0.4 is 10.6 Å². The van der Waals surface area contributed by atoms with Gasteiger partial charge < -0.3 is 10.6 Å². The van der Waals surface area contributed by atoms with E-state index in [0.717, 1.165) is 24.2 Å². The highest BCUT2D eigenvalue weighted by atomic mass is 32.2. The van der Waals surface area contributed by atoms with Crippen molar-refractivity contribution < 1.29 is 17.6 Å². The van der Waals surface area contributed by atoms with Crippen LogP contribution in [-0.4, -0.2) is 27.0 Å². The topological polar surface area (TPSA) is 75.3 Å². The summed E-state index contributed by atoms with van der Waals surface area (Å²) in [6.07, 6.45) is 1.89. The number of amides is 2. The predicted octanol–water partition coefficient (Wildman–Crippen LogP) is 2.86. The van der Waals surface area contributed by atoms with Crippen molar-refractivity contribution in [3.8, 4) is 0 Å². The quantitative estimate of drug-likeness (QED) is 0.823. The van der Waals surface area contributed by atoms with Gasteiger partial charge in [0.15, 0.2) is 9.84 Å². The second-order valence-corrected chi connectivity index (χ2v) is 8.95. The zero-order valence-electron chi connectivity index (χ0n) is 12.7. The summed E-state index contributed by atoms with van der Waals surface area (Å²) in [5, 5.41) is 6.08. The summed E-state index contributed by atoms with van der Waals surface area (Å²) in [6.45, 7) is -0.0789. The number of nitrogens with one attached hydrogen (secondary N) is 2. The maximum Gasteiger partial charge on any atom is 0.315 e. The molecule has 3 rings (SSSR count). The van der Waals surface area contributed by atoms with Crippen LogP contribution in [0.2, 0.25) is 0 Å². The minimum Gasteiger partial charge on any atom is -0.336 e. The lowest BCUT2D eigenvalue weighted by Crippen LogP contribution is -2.40. The molecule has 1 atom stereocenters. The predicted molar refractivity (Wildman–Crippen MR) is 90.2 cm³/mol. The highest BCUT2D eigenvalue weighted by Gasteiger charge is 2.31. The van der Waals surface area contributed by atoms with Crippen LogP contribution in [0.15, 0.2) is 46.0 Å². The van der Waals surface area contributed by atoms with Crippen LogP contribution in [0.5, 0.6) is 0 Å². The van der Waals surface area contributed by atoms with Gasteiger partial charge in [-0.2, -0.15) is 0 Å². The molecule has 0 bridgehead atoms. The minimum atomic E-state index is -3.68. The van der Waals surface area contributed by atoms with E-state index in [4.69, 9.17) is 0 Å². The summed E-state index contributed by atoms with van der Waals surface area (Å²) in [4.78, 5) is 11.8. The number of hydrogen-bond acceptors (Lipinski definition) is 4. The van der Waals surface area contributed by atoms with Crippen molar-refractivity contribution in [3.63, 3.8) is 0 Å². The molecule has 0 radical (unpaired) electrons. The third-order valence-electron chi connectivity index (χ3n) is 3.75. The van der Waals surface area contributed by atoms with E-state index >= 15 is 0 Å². The van der Waals surface area contributed by atoms with Gasteiger partial charge in [-0.15, -0.1) is 11.3 Å². The second-order valence-electron chi connectivity index (χ2n) is 5.65. The molecule has 0 saturated heterocycles. The van der Waals surface area contributed by atoms with Crippen molar-refractivity contribution in [1.82, 2.24) is 10.6 Å². The lowest BCUT2D eigenvalue weighted by Gasteiger charge is -2.18. The van der Waals surface area contributed by atoms with E-state index in [2.05, 4.69) is 10.6 Å². The van der Waals surface area contributed by atoms with Crippen LogP contribution in [0.25, 0.3) is 0 Å². The smallest absolute Gasteiger partial charge is 0.315 e. The molecule has 1 aliphatic rings. The van der Waals surface area contributed by atoms with E-state index in [1.165, 1.54) is 30.3 Å². The third kappa shape index (κ3) is 3.93. The summed E-state index contributed by atoms with van der Waals surface area (Å²) < 4.78 is 39.1. The molecule has 2 aromatic rings. The Labute approximate surface area is 143 Å². The molecule has 1 fully saturated rings. The Hall–Kier alpha value is -1.93. The van der Waals surface area contributed by atoms with E-state index in [0.29, 0.717) is 5.56 Å². The molecule has 1 unspecified atom stereocenters. The van der Waals surface area contributed by atoms with Crippen molar-refractivity contribution in [2.45, 2.75) is 28.3 Å². The number of thiophene rings is 1. The molecule has 8 heteroatoms. The van der Waals surface area contributed by atoms with Crippen LogP contribution in [0.3, 0.4) is 0 Å². The van der Waals surface area contributed by atoms with Crippen LogP contribution in [0.4, 0.5) is 9.18 Å². The van der Waals surface area contributed by atoms with Gasteiger partial charge in [-0.25, -0.2) is 17.6 Å². The molecule has 2 N–H and O–H groups in total.